The van der Waals surface area contributed by atoms with Gasteiger partial charge in [-0.25, -0.2) is 13.1 Å². The van der Waals surface area contributed by atoms with E-state index >= 15 is 0 Å². The maximum absolute atomic E-state index is 12.1. The predicted molar refractivity (Wildman–Crippen MR) is 112 cm³/mol. The van der Waals surface area contributed by atoms with Gasteiger partial charge in [0.2, 0.25) is 15.9 Å². The minimum absolute atomic E-state index is 0.126. The molecule has 2 N–H and O–H groups in total. The van der Waals surface area contributed by atoms with E-state index in [9.17, 15) is 13.2 Å². The van der Waals surface area contributed by atoms with E-state index in [0.29, 0.717) is 11.3 Å². The number of sulfonamides is 1. The quantitative estimate of drug-likeness (QED) is 0.597. The molecule has 2 aromatic carbocycles. The molecule has 1 amide bonds. The fraction of sp³-hybridized carbons (Fsp3) is 0.286. The first-order chi connectivity index (χ1) is 13.3. The Kier molecular flexibility index (Phi) is 7.78. The molecule has 0 radical (unpaired) electrons. The molecule has 0 atom stereocenters. The predicted octanol–water partition coefficient (Wildman–Crippen LogP) is 3.32. The van der Waals surface area contributed by atoms with Gasteiger partial charge in [0, 0.05) is 12.2 Å². The highest BCUT2D eigenvalue weighted by Crippen LogP contribution is 2.19. The van der Waals surface area contributed by atoms with Crippen LogP contribution < -0.4 is 14.8 Å². The summed E-state index contributed by atoms with van der Waals surface area (Å²) in [6.45, 7) is 7.94. The molecule has 0 fully saturated rings. The number of carbonyl (C=O) groups is 1. The molecule has 7 heteroatoms. The monoisotopic (exact) mass is 402 g/mol. The second-order valence-corrected chi connectivity index (χ2v) is 8.32. The molecule has 150 valence electrons. The van der Waals surface area contributed by atoms with Crippen molar-refractivity contribution in [2.75, 3.05) is 18.5 Å². The van der Waals surface area contributed by atoms with Crippen LogP contribution in [-0.2, 0) is 20.6 Å². The standard InChI is InChI=1S/C21H26N2O4S/c1-4-12-22-28(25,26)15-18-6-8-19(9-7-18)23-21(24)11-13-27-20-10-5-16(2)14-17(20)3/h4-10,14,22H,1,11-13,15H2,2-3H3,(H,23,24). The topological polar surface area (TPSA) is 84.5 Å². The Morgan fingerprint density at radius 3 is 2.50 bits per heavy atom. The van der Waals surface area contributed by atoms with Gasteiger partial charge in [-0.1, -0.05) is 35.9 Å². The van der Waals surface area contributed by atoms with E-state index in [-0.39, 0.29) is 31.2 Å². The zero-order valence-corrected chi connectivity index (χ0v) is 17.0. The van der Waals surface area contributed by atoms with Crippen LogP contribution in [0.25, 0.3) is 0 Å². The molecule has 0 spiro atoms. The third-order valence-electron chi connectivity index (χ3n) is 3.96. The summed E-state index contributed by atoms with van der Waals surface area (Å²) >= 11 is 0. The maximum atomic E-state index is 12.1. The number of ether oxygens (including phenoxy) is 1. The van der Waals surface area contributed by atoms with Gasteiger partial charge in [-0.2, -0.15) is 0 Å². The van der Waals surface area contributed by atoms with Crippen LogP contribution in [0.2, 0.25) is 0 Å². The summed E-state index contributed by atoms with van der Waals surface area (Å²) in [4.78, 5) is 12.1. The van der Waals surface area contributed by atoms with Crippen molar-refractivity contribution >= 4 is 21.6 Å². The molecule has 0 aliphatic rings. The fourth-order valence-corrected chi connectivity index (χ4v) is 3.68. The van der Waals surface area contributed by atoms with Crippen LogP contribution in [0.1, 0.15) is 23.1 Å². The van der Waals surface area contributed by atoms with E-state index < -0.39 is 10.0 Å². The number of amides is 1. The van der Waals surface area contributed by atoms with Crippen LogP contribution >= 0.6 is 0 Å². The van der Waals surface area contributed by atoms with Gasteiger partial charge in [0.25, 0.3) is 0 Å². The fourth-order valence-electron chi connectivity index (χ4n) is 2.58. The van der Waals surface area contributed by atoms with E-state index in [1.807, 2.05) is 32.0 Å². The van der Waals surface area contributed by atoms with Gasteiger partial charge >= 0.3 is 0 Å². The molecule has 0 saturated heterocycles. The van der Waals surface area contributed by atoms with E-state index in [2.05, 4.69) is 16.6 Å². The summed E-state index contributed by atoms with van der Waals surface area (Å²) in [5.74, 6) is 0.477. The molecule has 0 aliphatic carbocycles. The van der Waals surface area contributed by atoms with Crippen LogP contribution in [0.4, 0.5) is 5.69 Å². The van der Waals surface area contributed by atoms with Gasteiger partial charge < -0.3 is 10.1 Å². The molecule has 0 heterocycles. The second-order valence-electron chi connectivity index (χ2n) is 6.51. The van der Waals surface area contributed by atoms with E-state index in [4.69, 9.17) is 4.74 Å². The van der Waals surface area contributed by atoms with Crippen molar-refractivity contribution in [1.82, 2.24) is 4.72 Å². The smallest absolute Gasteiger partial charge is 0.227 e. The number of hydrogen-bond acceptors (Lipinski definition) is 4. The average Bonchev–Trinajstić information content (AvgIpc) is 2.63. The van der Waals surface area contributed by atoms with E-state index in [1.54, 1.807) is 24.3 Å². The third kappa shape index (κ3) is 7.17. The van der Waals surface area contributed by atoms with Crippen molar-refractivity contribution in [3.05, 3.63) is 71.8 Å². The summed E-state index contributed by atoms with van der Waals surface area (Å²) in [5.41, 5.74) is 3.44. The lowest BCUT2D eigenvalue weighted by atomic mass is 10.1. The third-order valence-corrected chi connectivity index (χ3v) is 5.28. The minimum atomic E-state index is -3.40. The van der Waals surface area contributed by atoms with Crippen molar-refractivity contribution in [3.8, 4) is 5.75 Å². The largest absolute Gasteiger partial charge is 0.493 e. The lowest BCUT2D eigenvalue weighted by Crippen LogP contribution is -2.25. The molecule has 28 heavy (non-hydrogen) atoms. The molecular weight excluding hydrogens is 376 g/mol. The van der Waals surface area contributed by atoms with Crippen LogP contribution in [0.15, 0.2) is 55.1 Å². The number of aryl methyl sites for hydroxylation is 2. The summed E-state index contributed by atoms with van der Waals surface area (Å²) in [6, 6.07) is 12.6. The highest BCUT2D eigenvalue weighted by Gasteiger charge is 2.10. The Morgan fingerprint density at radius 2 is 1.86 bits per heavy atom. The van der Waals surface area contributed by atoms with E-state index in [0.717, 1.165) is 16.9 Å². The molecule has 2 rings (SSSR count). The molecular formula is C21H26N2O4S. The number of anilines is 1. The summed E-state index contributed by atoms with van der Waals surface area (Å²) in [5, 5.41) is 2.78. The van der Waals surface area contributed by atoms with Gasteiger partial charge in [0.15, 0.2) is 0 Å². The number of hydrogen-bond donors (Lipinski definition) is 2. The average molecular weight is 403 g/mol. The van der Waals surface area contributed by atoms with Crippen molar-refractivity contribution in [3.63, 3.8) is 0 Å². The Labute approximate surface area is 166 Å². The van der Waals surface area contributed by atoms with Crippen LogP contribution in [0.3, 0.4) is 0 Å². The Bertz CT molecular complexity index is 922. The highest BCUT2D eigenvalue weighted by atomic mass is 32.2. The molecule has 0 aromatic heterocycles. The number of carbonyl (C=O) groups excluding carboxylic acids is 1. The Balaban J connectivity index is 1.81. The van der Waals surface area contributed by atoms with E-state index in [1.165, 1.54) is 6.08 Å². The van der Waals surface area contributed by atoms with Crippen LogP contribution in [0, 0.1) is 13.8 Å². The highest BCUT2D eigenvalue weighted by molar-refractivity contribution is 7.88. The Hall–Kier alpha value is -2.64. The normalized spacial score (nSPS) is 11.1. The van der Waals surface area contributed by atoms with Gasteiger partial charge in [-0.3, -0.25) is 4.79 Å². The molecule has 0 saturated carbocycles. The van der Waals surface area contributed by atoms with Crippen molar-refractivity contribution in [2.45, 2.75) is 26.0 Å². The Morgan fingerprint density at radius 1 is 1.14 bits per heavy atom. The lowest BCUT2D eigenvalue weighted by Gasteiger charge is -2.10. The zero-order valence-electron chi connectivity index (χ0n) is 16.2. The summed E-state index contributed by atoms with van der Waals surface area (Å²) in [6.07, 6.45) is 1.70. The molecule has 0 unspecified atom stereocenters. The van der Waals surface area contributed by atoms with Crippen molar-refractivity contribution < 1.29 is 17.9 Å². The second kappa shape index (κ2) is 10.1. The SMILES string of the molecule is C=CCNS(=O)(=O)Cc1ccc(NC(=O)CCOc2ccc(C)cc2C)cc1. The lowest BCUT2D eigenvalue weighted by molar-refractivity contribution is -0.116. The minimum Gasteiger partial charge on any atom is -0.493 e. The van der Waals surface area contributed by atoms with Gasteiger partial charge in [0.05, 0.1) is 18.8 Å². The number of benzene rings is 2. The summed E-state index contributed by atoms with van der Waals surface area (Å²) < 4.78 is 31.8. The molecule has 2 aromatic rings. The number of rotatable bonds is 10. The van der Waals surface area contributed by atoms with Gasteiger partial charge in [0.1, 0.15) is 5.75 Å². The van der Waals surface area contributed by atoms with Crippen LogP contribution in [0.5, 0.6) is 5.75 Å². The van der Waals surface area contributed by atoms with Crippen molar-refractivity contribution in [2.24, 2.45) is 0 Å². The van der Waals surface area contributed by atoms with Gasteiger partial charge in [-0.15, -0.1) is 6.58 Å². The first-order valence-corrected chi connectivity index (χ1v) is 10.6. The molecule has 0 aliphatic heterocycles. The zero-order chi connectivity index (χ0) is 20.6. The van der Waals surface area contributed by atoms with Crippen molar-refractivity contribution in [1.29, 1.82) is 0 Å². The number of nitrogens with one attached hydrogen (secondary N) is 2. The molecule has 6 nitrogen and oxygen atoms in total. The first-order valence-electron chi connectivity index (χ1n) is 8.96. The van der Waals surface area contributed by atoms with Gasteiger partial charge in [-0.05, 0) is 43.2 Å². The maximum Gasteiger partial charge on any atom is 0.227 e. The first kappa shape index (κ1) is 21.7. The molecule has 0 bridgehead atoms. The summed E-state index contributed by atoms with van der Waals surface area (Å²) in [7, 11) is -3.40. The van der Waals surface area contributed by atoms with Crippen LogP contribution in [-0.4, -0.2) is 27.5 Å².